The summed E-state index contributed by atoms with van der Waals surface area (Å²) in [6, 6.07) is 16.6. The Bertz CT molecular complexity index is 1430. The molecular weight excluding hydrogens is 590 g/mol. The largest absolute Gasteiger partial charge is 0.352 e. The van der Waals surface area contributed by atoms with Gasteiger partial charge in [-0.25, -0.2) is 8.42 Å². The molecule has 0 spiro atoms. The number of hydrogen-bond acceptors (Lipinski definition) is 5. The van der Waals surface area contributed by atoms with Crippen LogP contribution in [0.1, 0.15) is 50.7 Å². The van der Waals surface area contributed by atoms with Gasteiger partial charge in [-0.15, -0.1) is 0 Å². The first-order chi connectivity index (χ1) is 21.4. The first kappa shape index (κ1) is 34.4. The molecule has 12 heteroatoms. The van der Waals surface area contributed by atoms with Gasteiger partial charge in [0.1, 0.15) is 0 Å². The van der Waals surface area contributed by atoms with E-state index >= 15 is 0 Å². The number of nitrogens with one attached hydrogen (secondary N) is 4. The second kappa shape index (κ2) is 15.7. The van der Waals surface area contributed by atoms with Gasteiger partial charge in [-0.2, -0.15) is 4.31 Å². The number of hydrogen-bond donors (Lipinski definition) is 4. The molecule has 2 heterocycles. The van der Waals surface area contributed by atoms with Crippen LogP contribution in [0.4, 0.5) is 0 Å². The summed E-state index contributed by atoms with van der Waals surface area (Å²) >= 11 is 0. The van der Waals surface area contributed by atoms with Crippen molar-refractivity contribution in [2.45, 2.75) is 82.1 Å². The third-order valence-electron chi connectivity index (χ3n) is 8.31. The van der Waals surface area contributed by atoms with E-state index in [1.165, 1.54) is 9.87 Å². The van der Waals surface area contributed by atoms with Crippen molar-refractivity contribution in [2.24, 2.45) is 0 Å². The molecule has 11 nitrogen and oxygen atoms in total. The molecule has 2 amide bonds. The molecule has 2 fully saturated rings. The molecule has 2 unspecified atom stereocenters. The lowest BCUT2D eigenvalue weighted by Crippen LogP contribution is -2.59. The maximum absolute atomic E-state index is 13.8. The number of guanidine groups is 1. The normalized spacial score (nSPS) is 22.4. The molecule has 45 heavy (non-hydrogen) atoms. The Morgan fingerprint density at radius 2 is 1.53 bits per heavy atom. The van der Waals surface area contributed by atoms with Gasteiger partial charge < -0.3 is 10.6 Å². The van der Waals surface area contributed by atoms with E-state index in [0.29, 0.717) is 19.4 Å². The lowest BCUT2D eigenvalue weighted by molar-refractivity contribution is -0.469. The standard InChI is InChI=1S/C33H49N7O4S/c1-6-10-32(42)36-29-18-30(40(23-29)45(43,44)31-15-13-24(2)14-16-31)19-34-33(38(4)5)37-28-17-27(35-25(3)41)21-39(22-28)20-26-11-8-7-9-12-26/h7-9,11-16,27-30H,6,10,17-23H2,1-5H3,(H3,34,35,36,37,41,42)/p+1/t27-,28?,29+,30?/m1/s1. The van der Waals surface area contributed by atoms with Crippen molar-refractivity contribution in [3.63, 3.8) is 0 Å². The average molecular weight is 641 g/mol. The third kappa shape index (κ3) is 9.75. The number of carbonyl (C=O) groups excluding carboxylic acids is 2. The zero-order valence-electron chi connectivity index (χ0n) is 27.3. The van der Waals surface area contributed by atoms with Crippen LogP contribution in [0.25, 0.3) is 0 Å². The quantitative estimate of drug-likeness (QED) is 0.167. The summed E-state index contributed by atoms with van der Waals surface area (Å²) in [4.78, 5) is 27.0. The van der Waals surface area contributed by atoms with Gasteiger partial charge in [0.2, 0.25) is 21.8 Å². The molecule has 2 aliphatic heterocycles. The Morgan fingerprint density at radius 3 is 2.16 bits per heavy atom. The monoisotopic (exact) mass is 640 g/mol. The maximum Gasteiger partial charge on any atom is 0.345 e. The van der Waals surface area contributed by atoms with Gasteiger partial charge in [-0.1, -0.05) is 55.0 Å². The van der Waals surface area contributed by atoms with Crippen molar-refractivity contribution in [3.05, 3.63) is 65.7 Å². The number of benzene rings is 2. The molecule has 246 valence electrons. The Kier molecular flexibility index (Phi) is 12.0. The summed E-state index contributed by atoms with van der Waals surface area (Å²) in [5.74, 6) is 0.665. The van der Waals surface area contributed by atoms with Crippen LogP contribution in [0, 0.1) is 6.92 Å². The summed E-state index contributed by atoms with van der Waals surface area (Å²) < 4.78 is 31.2. The molecule has 2 aromatic rings. The number of carbonyl (C=O) groups is 2. The fourth-order valence-corrected chi connectivity index (χ4v) is 7.93. The van der Waals surface area contributed by atoms with E-state index in [4.69, 9.17) is 0 Å². The number of likely N-dealkylation sites (tertiary alicyclic amines) is 1. The highest BCUT2D eigenvalue weighted by Gasteiger charge is 2.42. The molecule has 0 radical (unpaired) electrons. The van der Waals surface area contributed by atoms with Crippen LogP contribution >= 0.6 is 0 Å². The predicted molar refractivity (Wildman–Crippen MR) is 176 cm³/mol. The lowest BCUT2D eigenvalue weighted by Gasteiger charge is -2.37. The smallest absolute Gasteiger partial charge is 0.345 e. The molecule has 4 rings (SSSR count). The number of rotatable bonds is 11. The van der Waals surface area contributed by atoms with Crippen LogP contribution in [0.3, 0.4) is 0 Å². The maximum atomic E-state index is 13.8. The van der Waals surface area contributed by atoms with Crippen molar-refractivity contribution < 1.29 is 22.6 Å². The van der Waals surface area contributed by atoms with E-state index in [-0.39, 0.29) is 47.4 Å². The molecule has 0 bridgehead atoms. The first-order valence-corrected chi connectivity index (χ1v) is 17.3. The first-order valence-electron chi connectivity index (χ1n) is 15.9. The summed E-state index contributed by atoms with van der Waals surface area (Å²) in [5, 5.41) is 13.3. The fraction of sp³-hybridized carbons (Fsp3) is 0.545. The highest BCUT2D eigenvalue weighted by molar-refractivity contribution is 7.89. The summed E-state index contributed by atoms with van der Waals surface area (Å²) in [5.41, 5.74) is 2.20. The third-order valence-corrected chi connectivity index (χ3v) is 10.2. The second-order valence-corrected chi connectivity index (χ2v) is 14.5. The highest BCUT2D eigenvalue weighted by Crippen LogP contribution is 2.27. The number of aryl methyl sites for hydroxylation is 1. The number of sulfonamides is 1. The minimum Gasteiger partial charge on any atom is -0.352 e. The van der Waals surface area contributed by atoms with Gasteiger partial charge >= 0.3 is 5.96 Å². The molecule has 0 aliphatic carbocycles. The van der Waals surface area contributed by atoms with Gasteiger partial charge in [0.25, 0.3) is 0 Å². The second-order valence-electron chi connectivity index (χ2n) is 12.6. The van der Waals surface area contributed by atoms with Crippen molar-refractivity contribution in [1.29, 1.82) is 0 Å². The topological polar surface area (TPSA) is 126 Å². The number of piperidine rings is 1. The molecule has 2 saturated heterocycles. The highest BCUT2D eigenvalue weighted by atomic mass is 32.2. The minimum absolute atomic E-state index is 0.00154. The lowest BCUT2D eigenvalue weighted by atomic mass is 10.00. The van der Waals surface area contributed by atoms with Gasteiger partial charge in [0.05, 0.1) is 37.6 Å². The van der Waals surface area contributed by atoms with Crippen LogP contribution in [0.2, 0.25) is 0 Å². The van der Waals surface area contributed by atoms with Crippen molar-refractivity contribution >= 4 is 27.8 Å². The van der Waals surface area contributed by atoms with E-state index in [0.717, 1.165) is 44.0 Å². The minimum atomic E-state index is -3.78. The van der Waals surface area contributed by atoms with Gasteiger partial charge in [0, 0.05) is 58.0 Å². The summed E-state index contributed by atoms with van der Waals surface area (Å²) in [6.07, 6.45) is 2.41. The Labute approximate surface area is 268 Å². The van der Waals surface area contributed by atoms with Crippen molar-refractivity contribution in [3.8, 4) is 0 Å². The van der Waals surface area contributed by atoms with E-state index < -0.39 is 10.0 Å². The van der Waals surface area contributed by atoms with E-state index in [1.807, 2.05) is 50.7 Å². The van der Waals surface area contributed by atoms with Crippen LogP contribution < -0.4 is 21.3 Å². The zero-order valence-corrected chi connectivity index (χ0v) is 28.1. The Hall–Kier alpha value is -3.48. The molecule has 4 atom stereocenters. The molecule has 0 aromatic heterocycles. The number of amides is 2. The van der Waals surface area contributed by atoms with Gasteiger partial charge in [-0.3, -0.25) is 29.7 Å². The van der Waals surface area contributed by atoms with Crippen molar-refractivity contribution in [1.82, 2.24) is 30.5 Å². The number of nitrogens with zero attached hydrogens (tertiary/aromatic N) is 3. The zero-order chi connectivity index (χ0) is 32.6. The fourth-order valence-electron chi connectivity index (χ4n) is 6.25. The van der Waals surface area contributed by atoms with Crippen LogP contribution in [-0.2, 0) is 26.2 Å². The van der Waals surface area contributed by atoms with E-state index in [9.17, 15) is 18.0 Å². The average Bonchev–Trinajstić information content (AvgIpc) is 3.38. The van der Waals surface area contributed by atoms with Gasteiger partial charge in [-0.05, 0) is 37.5 Å². The molecule has 2 aromatic carbocycles. The summed E-state index contributed by atoms with van der Waals surface area (Å²) in [7, 11) is 0.0929. The van der Waals surface area contributed by atoms with Crippen LogP contribution in [0.15, 0.2) is 59.5 Å². The molecule has 4 N–H and O–H groups in total. The van der Waals surface area contributed by atoms with Crippen LogP contribution in [0.5, 0.6) is 0 Å². The summed E-state index contributed by atoms with van der Waals surface area (Å²) in [6.45, 7) is 8.33. The van der Waals surface area contributed by atoms with Gasteiger partial charge in [0.15, 0.2) is 0 Å². The van der Waals surface area contributed by atoms with E-state index in [2.05, 4.69) is 38.3 Å². The predicted octanol–water partition coefficient (Wildman–Crippen LogP) is 1.63. The van der Waals surface area contributed by atoms with E-state index in [1.54, 1.807) is 31.2 Å². The Morgan fingerprint density at radius 1 is 0.889 bits per heavy atom. The Balaban J connectivity index is 1.48. The molecule has 0 saturated carbocycles. The molecule has 2 aliphatic rings. The molecular formula is C33H50N7O4S+. The van der Waals surface area contributed by atoms with Crippen LogP contribution in [-0.4, -0.2) is 104 Å². The SMILES string of the molecule is CCCC(=O)N[C@H]1CC(CNC(NC2C[C@@H](NC(C)=O)CN(Cc3ccccc3)C2)=[N+](C)C)N(S(=O)(=O)c2ccc(C)cc2)C1. The van der Waals surface area contributed by atoms with Crippen molar-refractivity contribution in [2.75, 3.05) is 40.3 Å².